The third-order valence-corrected chi connectivity index (χ3v) is 4.03. The Hall–Kier alpha value is -2.77. The number of amides is 2. The van der Waals surface area contributed by atoms with Gasteiger partial charge in [0.15, 0.2) is 11.5 Å². The molecule has 0 aliphatic carbocycles. The Kier molecular flexibility index (Phi) is 5.60. The van der Waals surface area contributed by atoms with Crippen LogP contribution >= 0.6 is 0 Å². The fraction of sp³-hybridized carbons (Fsp3) is 0.500. The lowest BCUT2D eigenvalue weighted by Crippen LogP contribution is -2.37. The third kappa shape index (κ3) is 4.44. The van der Waals surface area contributed by atoms with E-state index in [4.69, 9.17) is 14.3 Å². The lowest BCUT2D eigenvalue weighted by atomic mass is 10.0. The molecule has 0 aromatic heterocycles. The predicted molar refractivity (Wildman–Crippen MR) is 94.1 cm³/mol. The number of rotatable bonds is 7. The van der Waals surface area contributed by atoms with Crippen molar-refractivity contribution >= 4 is 17.5 Å². The number of hydrogen-bond donors (Lipinski definition) is 2. The monoisotopic (exact) mass is 361 g/mol. The molecule has 1 unspecified atom stereocenters. The van der Waals surface area contributed by atoms with E-state index in [2.05, 4.69) is 15.8 Å². The van der Waals surface area contributed by atoms with Crippen LogP contribution in [0, 0.1) is 5.92 Å². The molecule has 2 N–H and O–H groups in total. The van der Waals surface area contributed by atoms with Gasteiger partial charge in [-0.1, -0.05) is 19.0 Å². The van der Waals surface area contributed by atoms with Crippen molar-refractivity contribution in [2.24, 2.45) is 11.1 Å². The zero-order chi connectivity index (χ0) is 18.5. The number of fused-ring (bicyclic) bond motifs is 1. The standard InChI is InChI=1S/C18H23N3O5/c1-11(2)9-20-17(22)5-6-19-18(23)16-8-13(21-26-16)12-3-4-14-15(7-12)25-10-24-14/h3-4,7,11,16H,5-6,8-10H2,1-2H3,(H,19,23)(H,20,22). The molecule has 0 fully saturated rings. The van der Waals surface area contributed by atoms with Gasteiger partial charge in [0.2, 0.25) is 18.8 Å². The first kappa shape index (κ1) is 18.0. The third-order valence-electron chi connectivity index (χ3n) is 4.03. The lowest BCUT2D eigenvalue weighted by Gasteiger charge is -2.10. The Labute approximate surface area is 151 Å². The van der Waals surface area contributed by atoms with Gasteiger partial charge in [-0.05, 0) is 24.1 Å². The van der Waals surface area contributed by atoms with Crippen molar-refractivity contribution in [2.75, 3.05) is 19.9 Å². The summed E-state index contributed by atoms with van der Waals surface area (Å²) in [6.45, 7) is 5.15. The summed E-state index contributed by atoms with van der Waals surface area (Å²) in [4.78, 5) is 29.1. The first-order chi connectivity index (χ1) is 12.5. The maximum absolute atomic E-state index is 12.2. The van der Waals surface area contributed by atoms with Crippen molar-refractivity contribution in [2.45, 2.75) is 32.8 Å². The molecule has 8 nitrogen and oxygen atoms in total. The first-order valence-electron chi connectivity index (χ1n) is 8.70. The Bertz CT molecular complexity index is 717. The van der Waals surface area contributed by atoms with Crippen LogP contribution in [0.5, 0.6) is 11.5 Å². The minimum absolute atomic E-state index is 0.0800. The van der Waals surface area contributed by atoms with Gasteiger partial charge in [0.25, 0.3) is 5.91 Å². The largest absolute Gasteiger partial charge is 0.454 e. The van der Waals surface area contributed by atoms with Gasteiger partial charge in [0.1, 0.15) is 0 Å². The van der Waals surface area contributed by atoms with E-state index in [1.807, 2.05) is 32.0 Å². The first-order valence-corrected chi connectivity index (χ1v) is 8.70. The van der Waals surface area contributed by atoms with Crippen LogP contribution < -0.4 is 20.1 Å². The van der Waals surface area contributed by atoms with Crippen molar-refractivity contribution < 1.29 is 23.9 Å². The molecule has 140 valence electrons. The molecular formula is C18H23N3O5. The van der Waals surface area contributed by atoms with Crippen LogP contribution in [-0.4, -0.2) is 43.5 Å². The number of oxime groups is 1. The van der Waals surface area contributed by atoms with Gasteiger partial charge in [-0.3, -0.25) is 9.59 Å². The minimum atomic E-state index is -0.686. The highest BCUT2D eigenvalue weighted by atomic mass is 16.7. The molecule has 1 aromatic carbocycles. The molecule has 8 heteroatoms. The molecule has 0 saturated heterocycles. The second-order valence-electron chi connectivity index (χ2n) is 6.64. The number of ether oxygens (including phenoxy) is 2. The van der Waals surface area contributed by atoms with E-state index in [1.165, 1.54) is 0 Å². The van der Waals surface area contributed by atoms with Crippen molar-refractivity contribution in [3.05, 3.63) is 23.8 Å². The maximum Gasteiger partial charge on any atom is 0.264 e. The van der Waals surface area contributed by atoms with Crippen LogP contribution in [0.1, 0.15) is 32.3 Å². The second-order valence-corrected chi connectivity index (χ2v) is 6.64. The zero-order valence-corrected chi connectivity index (χ0v) is 14.9. The summed E-state index contributed by atoms with van der Waals surface area (Å²) in [6.07, 6.45) is -0.0827. The van der Waals surface area contributed by atoms with Crippen molar-refractivity contribution in [3.63, 3.8) is 0 Å². The molecule has 1 atom stereocenters. The molecule has 0 radical (unpaired) electrons. The molecule has 0 saturated carbocycles. The Morgan fingerprint density at radius 3 is 2.85 bits per heavy atom. The lowest BCUT2D eigenvalue weighted by molar-refractivity contribution is -0.131. The summed E-state index contributed by atoms with van der Waals surface area (Å²) in [7, 11) is 0. The van der Waals surface area contributed by atoms with Crippen LogP contribution in [0.3, 0.4) is 0 Å². The van der Waals surface area contributed by atoms with Crippen LogP contribution in [0.2, 0.25) is 0 Å². The quantitative estimate of drug-likeness (QED) is 0.760. The van der Waals surface area contributed by atoms with Crippen LogP contribution in [0.4, 0.5) is 0 Å². The van der Waals surface area contributed by atoms with Crippen molar-refractivity contribution in [3.8, 4) is 11.5 Å². The van der Waals surface area contributed by atoms with Gasteiger partial charge in [0, 0.05) is 31.5 Å². The van der Waals surface area contributed by atoms with E-state index in [0.29, 0.717) is 36.1 Å². The van der Waals surface area contributed by atoms with E-state index in [9.17, 15) is 9.59 Å². The average Bonchev–Trinajstić information content (AvgIpc) is 3.28. The minimum Gasteiger partial charge on any atom is -0.454 e. The number of nitrogens with zero attached hydrogens (tertiary/aromatic N) is 1. The highest BCUT2D eigenvalue weighted by molar-refractivity contribution is 6.04. The average molecular weight is 361 g/mol. The number of carbonyl (C=O) groups is 2. The highest BCUT2D eigenvalue weighted by Crippen LogP contribution is 2.33. The van der Waals surface area contributed by atoms with E-state index < -0.39 is 6.10 Å². The maximum atomic E-state index is 12.2. The van der Waals surface area contributed by atoms with E-state index >= 15 is 0 Å². The molecule has 3 rings (SSSR count). The fourth-order valence-electron chi connectivity index (χ4n) is 2.58. The number of hydrogen-bond acceptors (Lipinski definition) is 6. The smallest absolute Gasteiger partial charge is 0.264 e. The van der Waals surface area contributed by atoms with Gasteiger partial charge >= 0.3 is 0 Å². The number of carbonyl (C=O) groups excluding carboxylic acids is 2. The van der Waals surface area contributed by atoms with E-state index in [1.54, 1.807) is 0 Å². The van der Waals surface area contributed by atoms with Gasteiger partial charge in [-0.25, -0.2) is 0 Å². The summed E-state index contributed by atoms with van der Waals surface area (Å²) in [5, 5.41) is 9.53. The summed E-state index contributed by atoms with van der Waals surface area (Å²) < 4.78 is 10.6. The Morgan fingerprint density at radius 2 is 2.04 bits per heavy atom. The van der Waals surface area contributed by atoms with Crippen LogP contribution in [0.25, 0.3) is 0 Å². The van der Waals surface area contributed by atoms with Gasteiger partial charge in [0.05, 0.1) is 5.71 Å². The molecule has 0 spiro atoms. The van der Waals surface area contributed by atoms with Crippen molar-refractivity contribution in [1.29, 1.82) is 0 Å². The molecule has 0 bridgehead atoms. The summed E-state index contributed by atoms with van der Waals surface area (Å²) in [6, 6.07) is 5.49. The Balaban J connectivity index is 1.43. The van der Waals surface area contributed by atoms with E-state index in [-0.39, 0.29) is 31.6 Å². The summed E-state index contributed by atoms with van der Waals surface area (Å²) in [5.74, 6) is 1.39. The normalized spacial score (nSPS) is 17.7. The SMILES string of the molecule is CC(C)CNC(=O)CCNC(=O)C1CC(c2ccc3c(c2)OCO3)=NO1. The van der Waals surface area contributed by atoms with Gasteiger partial charge < -0.3 is 24.9 Å². The van der Waals surface area contributed by atoms with E-state index in [0.717, 1.165) is 5.56 Å². The highest BCUT2D eigenvalue weighted by Gasteiger charge is 2.29. The summed E-state index contributed by atoms with van der Waals surface area (Å²) in [5.41, 5.74) is 1.51. The molecule has 2 aliphatic rings. The number of nitrogens with one attached hydrogen (secondary N) is 2. The number of benzene rings is 1. The molecule has 1 aromatic rings. The Morgan fingerprint density at radius 1 is 1.23 bits per heavy atom. The zero-order valence-electron chi connectivity index (χ0n) is 14.9. The van der Waals surface area contributed by atoms with Crippen LogP contribution in [0.15, 0.2) is 23.4 Å². The van der Waals surface area contributed by atoms with Crippen LogP contribution in [-0.2, 0) is 14.4 Å². The van der Waals surface area contributed by atoms with Crippen molar-refractivity contribution in [1.82, 2.24) is 10.6 Å². The summed E-state index contributed by atoms with van der Waals surface area (Å²) >= 11 is 0. The molecule has 2 heterocycles. The fourth-order valence-corrected chi connectivity index (χ4v) is 2.58. The molecular weight excluding hydrogens is 338 g/mol. The molecule has 26 heavy (non-hydrogen) atoms. The molecule has 2 amide bonds. The van der Waals surface area contributed by atoms with Gasteiger partial charge in [-0.15, -0.1) is 0 Å². The predicted octanol–water partition coefficient (Wildman–Crippen LogP) is 1.19. The second kappa shape index (κ2) is 8.07. The molecule has 2 aliphatic heterocycles. The van der Waals surface area contributed by atoms with Gasteiger partial charge in [-0.2, -0.15) is 0 Å². The topological polar surface area (TPSA) is 98.3 Å².